The monoisotopic (exact) mass is 274 g/mol. The Morgan fingerprint density at radius 1 is 0.842 bits per heavy atom. The van der Waals surface area contributed by atoms with Gasteiger partial charge >= 0.3 is 0 Å². The second-order valence-electron chi connectivity index (χ2n) is 5.33. The van der Waals surface area contributed by atoms with Crippen LogP contribution in [0, 0.1) is 0 Å². The molecule has 0 saturated carbocycles. The van der Waals surface area contributed by atoms with Gasteiger partial charge in [0, 0.05) is 5.88 Å². The van der Waals surface area contributed by atoms with Crippen molar-refractivity contribution < 1.29 is 5.11 Å². The van der Waals surface area contributed by atoms with Crippen LogP contribution in [0.2, 0.25) is 0 Å². The van der Waals surface area contributed by atoms with Crippen molar-refractivity contribution in [3.63, 3.8) is 0 Å². The van der Waals surface area contributed by atoms with Gasteiger partial charge in [0.05, 0.1) is 11.0 Å². The minimum Gasteiger partial charge on any atom is -0.389 e. The summed E-state index contributed by atoms with van der Waals surface area (Å²) in [6.07, 6.45) is 0. The first kappa shape index (κ1) is 14.1. The first-order valence-corrected chi connectivity index (χ1v) is 6.95. The molecule has 100 valence electrons. The maximum atomic E-state index is 10.8. The second-order valence-corrected chi connectivity index (χ2v) is 5.60. The molecular formula is C17H19ClO. The Morgan fingerprint density at radius 2 is 1.21 bits per heavy atom. The highest BCUT2D eigenvalue weighted by Gasteiger charge is 2.46. The van der Waals surface area contributed by atoms with Crippen molar-refractivity contribution in [2.45, 2.75) is 24.9 Å². The molecule has 0 fully saturated rings. The van der Waals surface area contributed by atoms with E-state index in [1.165, 1.54) is 0 Å². The smallest absolute Gasteiger partial charge is 0.0740 e. The van der Waals surface area contributed by atoms with Gasteiger partial charge in [-0.1, -0.05) is 60.7 Å². The van der Waals surface area contributed by atoms with Crippen LogP contribution < -0.4 is 0 Å². The van der Waals surface area contributed by atoms with Gasteiger partial charge in [-0.2, -0.15) is 0 Å². The molecule has 0 heterocycles. The van der Waals surface area contributed by atoms with E-state index in [0.717, 1.165) is 11.1 Å². The molecule has 1 nitrogen and oxygen atoms in total. The Hall–Kier alpha value is -1.31. The molecule has 0 atom stereocenters. The Morgan fingerprint density at radius 3 is 1.47 bits per heavy atom. The molecule has 2 aromatic carbocycles. The van der Waals surface area contributed by atoms with Crippen LogP contribution in [0.15, 0.2) is 60.7 Å². The van der Waals surface area contributed by atoms with Crippen molar-refractivity contribution in [3.05, 3.63) is 71.8 Å². The summed E-state index contributed by atoms with van der Waals surface area (Å²) in [5.74, 6) is 0.324. The highest BCUT2D eigenvalue weighted by Crippen LogP contribution is 2.42. The number of hydrogen-bond acceptors (Lipinski definition) is 1. The van der Waals surface area contributed by atoms with Crippen molar-refractivity contribution in [1.29, 1.82) is 0 Å². The molecule has 2 aromatic rings. The standard InChI is InChI=1S/C17H19ClO/c1-16(2,19)17(13-18,14-9-5-3-6-10-14)15-11-7-4-8-12-15/h3-12,19H,13H2,1-2H3. The third-order valence-electron chi connectivity index (χ3n) is 3.78. The van der Waals surface area contributed by atoms with E-state index >= 15 is 0 Å². The molecule has 2 rings (SSSR count). The maximum Gasteiger partial charge on any atom is 0.0740 e. The van der Waals surface area contributed by atoms with E-state index in [1.807, 2.05) is 74.5 Å². The Balaban J connectivity index is 2.70. The lowest BCUT2D eigenvalue weighted by Gasteiger charge is -2.43. The van der Waals surface area contributed by atoms with Gasteiger partial charge in [-0.3, -0.25) is 0 Å². The minimum atomic E-state index is -0.961. The topological polar surface area (TPSA) is 20.2 Å². The second kappa shape index (κ2) is 5.36. The SMILES string of the molecule is CC(C)(O)C(CCl)(c1ccccc1)c1ccccc1. The van der Waals surface area contributed by atoms with E-state index in [2.05, 4.69) is 0 Å². The van der Waals surface area contributed by atoms with Gasteiger partial charge in [0.2, 0.25) is 0 Å². The quantitative estimate of drug-likeness (QED) is 0.836. The molecule has 0 unspecified atom stereocenters. The predicted molar refractivity (Wildman–Crippen MR) is 80.7 cm³/mol. The van der Waals surface area contributed by atoms with E-state index in [0.29, 0.717) is 5.88 Å². The predicted octanol–water partition coefficient (Wildman–Crippen LogP) is 3.98. The highest BCUT2D eigenvalue weighted by atomic mass is 35.5. The number of hydrogen-bond donors (Lipinski definition) is 1. The van der Waals surface area contributed by atoms with E-state index < -0.39 is 11.0 Å². The van der Waals surface area contributed by atoms with Crippen molar-refractivity contribution in [3.8, 4) is 0 Å². The fraction of sp³-hybridized carbons (Fsp3) is 0.294. The zero-order valence-electron chi connectivity index (χ0n) is 11.3. The lowest BCUT2D eigenvalue weighted by Crippen LogP contribution is -2.49. The van der Waals surface area contributed by atoms with Gasteiger partial charge in [0.15, 0.2) is 0 Å². The Kier molecular flexibility index (Phi) is 3.98. The summed E-state index contributed by atoms with van der Waals surface area (Å²) in [5.41, 5.74) is 0.488. The lowest BCUT2D eigenvalue weighted by molar-refractivity contribution is 0.0213. The largest absolute Gasteiger partial charge is 0.389 e. The first-order chi connectivity index (χ1) is 9.02. The van der Waals surface area contributed by atoms with Crippen molar-refractivity contribution >= 4 is 11.6 Å². The van der Waals surface area contributed by atoms with Gasteiger partial charge in [-0.25, -0.2) is 0 Å². The molecule has 0 aliphatic heterocycles. The van der Waals surface area contributed by atoms with Crippen molar-refractivity contribution in [1.82, 2.24) is 0 Å². The summed E-state index contributed by atoms with van der Waals surface area (Å²) in [5, 5.41) is 10.8. The van der Waals surface area contributed by atoms with Crippen LogP contribution in [0.1, 0.15) is 25.0 Å². The normalized spacial score (nSPS) is 12.4. The number of benzene rings is 2. The van der Waals surface area contributed by atoms with Crippen molar-refractivity contribution in [2.24, 2.45) is 0 Å². The van der Waals surface area contributed by atoms with Crippen LogP contribution in [0.5, 0.6) is 0 Å². The van der Waals surface area contributed by atoms with Crippen LogP contribution in [-0.4, -0.2) is 16.6 Å². The molecule has 0 amide bonds. The molecule has 0 saturated heterocycles. The summed E-state index contributed by atoms with van der Waals surface area (Å²) in [7, 11) is 0. The summed E-state index contributed by atoms with van der Waals surface area (Å²) in [6.45, 7) is 3.63. The van der Waals surface area contributed by atoms with Gasteiger partial charge < -0.3 is 5.11 Å². The van der Waals surface area contributed by atoms with Crippen LogP contribution in [0.3, 0.4) is 0 Å². The molecule has 1 N–H and O–H groups in total. The molecular weight excluding hydrogens is 256 g/mol. The number of alkyl halides is 1. The summed E-state index contributed by atoms with van der Waals surface area (Å²) in [6, 6.07) is 19.9. The zero-order valence-corrected chi connectivity index (χ0v) is 12.1. The molecule has 0 spiro atoms. The third-order valence-corrected chi connectivity index (χ3v) is 4.18. The van der Waals surface area contributed by atoms with E-state index in [1.54, 1.807) is 0 Å². The number of halogens is 1. The van der Waals surface area contributed by atoms with Gasteiger partial charge in [-0.15, -0.1) is 11.6 Å². The molecule has 0 bridgehead atoms. The minimum absolute atomic E-state index is 0.324. The molecule has 0 aliphatic rings. The molecule has 0 aromatic heterocycles. The maximum absolute atomic E-state index is 10.8. The van der Waals surface area contributed by atoms with E-state index in [-0.39, 0.29) is 0 Å². The lowest BCUT2D eigenvalue weighted by atomic mass is 9.65. The van der Waals surface area contributed by atoms with Crippen LogP contribution in [0.4, 0.5) is 0 Å². The Labute approximate surface area is 119 Å². The van der Waals surface area contributed by atoms with Crippen LogP contribution >= 0.6 is 11.6 Å². The van der Waals surface area contributed by atoms with Crippen LogP contribution in [0.25, 0.3) is 0 Å². The Bertz CT molecular complexity index is 474. The fourth-order valence-corrected chi connectivity index (χ4v) is 3.27. The van der Waals surface area contributed by atoms with Gasteiger partial charge in [-0.05, 0) is 25.0 Å². The molecule has 2 heteroatoms. The van der Waals surface area contributed by atoms with E-state index in [4.69, 9.17) is 11.6 Å². The van der Waals surface area contributed by atoms with Crippen LogP contribution in [-0.2, 0) is 5.41 Å². The molecule has 0 aliphatic carbocycles. The average molecular weight is 275 g/mol. The number of rotatable bonds is 4. The average Bonchev–Trinajstić information content (AvgIpc) is 2.41. The number of aliphatic hydroxyl groups is 1. The fourth-order valence-electron chi connectivity index (χ4n) is 2.64. The zero-order chi connectivity index (χ0) is 13.9. The van der Waals surface area contributed by atoms with Gasteiger partial charge in [0.25, 0.3) is 0 Å². The summed E-state index contributed by atoms with van der Waals surface area (Å²) in [4.78, 5) is 0. The van der Waals surface area contributed by atoms with E-state index in [9.17, 15) is 5.11 Å². The van der Waals surface area contributed by atoms with Crippen molar-refractivity contribution in [2.75, 3.05) is 5.88 Å². The van der Waals surface area contributed by atoms with Gasteiger partial charge in [0.1, 0.15) is 0 Å². The highest BCUT2D eigenvalue weighted by molar-refractivity contribution is 6.19. The molecule has 19 heavy (non-hydrogen) atoms. The summed E-state index contributed by atoms with van der Waals surface area (Å²) >= 11 is 6.32. The first-order valence-electron chi connectivity index (χ1n) is 6.42. The summed E-state index contributed by atoms with van der Waals surface area (Å²) < 4.78 is 0. The third kappa shape index (κ3) is 2.41. The molecule has 0 radical (unpaired) electrons.